The van der Waals surface area contributed by atoms with Gasteiger partial charge in [0.2, 0.25) is 0 Å². The lowest BCUT2D eigenvalue weighted by Crippen LogP contribution is -2.30. The average molecular weight is 422 g/mol. The van der Waals surface area contributed by atoms with E-state index < -0.39 is 11.9 Å². The second-order valence-electron chi connectivity index (χ2n) is 5.48. The lowest BCUT2D eigenvalue weighted by molar-refractivity contribution is -0.136. The summed E-state index contributed by atoms with van der Waals surface area (Å²) in [5, 5.41) is 3.59. The lowest BCUT2D eigenvalue weighted by atomic mass is 9.82. The van der Waals surface area contributed by atoms with Crippen LogP contribution in [0.25, 0.3) is 0 Å². The Kier molecular flexibility index (Phi) is 5.01. The highest BCUT2D eigenvalue weighted by Gasteiger charge is 2.36. The van der Waals surface area contributed by atoms with E-state index in [4.69, 9.17) is 4.74 Å². The summed E-state index contributed by atoms with van der Waals surface area (Å²) in [5.41, 5.74) is 1.98. The zero-order chi connectivity index (χ0) is 18.1. The molecule has 6 nitrogen and oxygen atoms in total. The van der Waals surface area contributed by atoms with Crippen molar-refractivity contribution >= 4 is 39.5 Å². The van der Waals surface area contributed by atoms with E-state index in [2.05, 4.69) is 31.2 Å². The Hall–Kier alpha value is -2.06. The van der Waals surface area contributed by atoms with E-state index in [0.717, 1.165) is 10.0 Å². The van der Waals surface area contributed by atoms with Crippen molar-refractivity contribution in [2.75, 3.05) is 18.7 Å². The number of nitrogens with one attached hydrogen (secondary N) is 2. The maximum Gasteiger partial charge on any atom is 0.336 e. The number of rotatable bonds is 3. The summed E-state index contributed by atoms with van der Waals surface area (Å²) in [7, 11) is 1.33. The largest absolute Gasteiger partial charge is 0.466 e. The molecule has 0 radical (unpaired) electrons. The summed E-state index contributed by atoms with van der Waals surface area (Å²) < 4.78 is 5.87. The van der Waals surface area contributed by atoms with Gasteiger partial charge in [0.15, 0.2) is 5.16 Å². The molecule has 1 aromatic heterocycles. The van der Waals surface area contributed by atoms with Gasteiger partial charge in [0.25, 0.3) is 5.56 Å². The summed E-state index contributed by atoms with van der Waals surface area (Å²) in [5.74, 6) is -0.563. The van der Waals surface area contributed by atoms with Crippen LogP contribution in [-0.4, -0.2) is 29.3 Å². The van der Waals surface area contributed by atoms with Gasteiger partial charge < -0.3 is 15.0 Å². The molecular weight excluding hydrogens is 406 g/mol. The molecule has 2 aromatic rings. The van der Waals surface area contributed by atoms with Crippen molar-refractivity contribution in [3.8, 4) is 0 Å². The fraction of sp³-hybridized carbons (Fsp3) is 0.235. The number of allylic oxidation sites excluding steroid dienone is 1. The molecule has 130 valence electrons. The predicted molar refractivity (Wildman–Crippen MR) is 101 cm³/mol. The number of fused-ring (bicyclic) bond motifs is 1. The molecule has 1 unspecified atom stereocenters. The minimum atomic E-state index is -0.552. The van der Waals surface area contributed by atoms with Crippen LogP contribution in [0.1, 0.15) is 24.0 Å². The topological polar surface area (TPSA) is 84.1 Å². The quantitative estimate of drug-likeness (QED) is 0.449. The number of carbonyl (C=O) groups excluding carboxylic acids is 1. The van der Waals surface area contributed by atoms with E-state index in [-0.39, 0.29) is 5.56 Å². The third-order valence-corrected chi connectivity index (χ3v) is 5.13. The van der Waals surface area contributed by atoms with Gasteiger partial charge in [-0.2, -0.15) is 0 Å². The first-order valence-electron chi connectivity index (χ1n) is 7.46. The van der Waals surface area contributed by atoms with Gasteiger partial charge in [-0.15, -0.1) is 0 Å². The van der Waals surface area contributed by atoms with Crippen molar-refractivity contribution in [1.82, 2.24) is 9.97 Å². The molecule has 3 rings (SSSR count). The highest BCUT2D eigenvalue weighted by atomic mass is 79.9. The first-order chi connectivity index (χ1) is 12.0. The van der Waals surface area contributed by atoms with E-state index in [0.29, 0.717) is 27.8 Å². The van der Waals surface area contributed by atoms with Crippen LogP contribution in [0.4, 0.5) is 5.82 Å². The summed E-state index contributed by atoms with van der Waals surface area (Å²) in [6.07, 6.45) is 1.84. The number of thioether (sulfide) groups is 1. The Balaban J connectivity index is 2.28. The van der Waals surface area contributed by atoms with E-state index in [1.165, 1.54) is 18.9 Å². The Morgan fingerprint density at radius 1 is 1.32 bits per heavy atom. The number of benzene rings is 1. The van der Waals surface area contributed by atoms with Crippen molar-refractivity contribution in [1.29, 1.82) is 0 Å². The number of aromatic nitrogens is 2. The van der Waals surface area contributed by atoms with Gasteiger partial charge >= 0.3 is 5.97 Å². The lowest BCUT2D eigenvalue weighted by Gasteiger charge is -2.28. The maximum absolute atomic E-state index is 12.7. The zero-order valence-corrected chi connectivity index (χ0v) is 16.2. The van der Waals surface area contributed by atoms with E-state index in [1.807, 2.05) is 30.5 Å². The molecule has 0 bridgehead atoms. The monoisotopic (exact) mass is 421 g/mol. The molecule has 1 aromatic carbocycles. The number of hydrogen-bond donors (Lipinski definition) is 2. The standard InChI is InChI=1S/C17H16BrN3O3S/c1-8-11(16(23)24-2)12(9-4-6-10(18)7-5-9)13-14(19-8)20-17(25-3)21-15(13)22/h4-7,12H,1-3H3,(H2,19,20,21,22). The number of ether oxygens (including phenoxy) is 1. The Labute approximate surface area is 157 Å². The van der Waals surface area contributed by atoms with Crippen LogP contribution >= 0.6 is 27.7 Å². The Bertz CT molecular complexity index is 922. The van der Waals surface area contributed by atoms with Crippen LogP contribution in [0, 0.1) is 0 Å². The molecule has 1 aliphatic rings. The van der Waals surface area contributed by atoms with E-state index in [1.54, 1.807) is 6.92 Å². The minimum absolute atomic E-state index is 0.274. The van der Waals surface area contributed by atoms with Crippen molar-refractivity contribution in [2.45, 2.75) is 18.0 Å². The highest BCUT2D eigenvalue weighted by molar-refractivity contribution is 9.10. The smallest absolute Gasteiger partial charge is 0.336 e. The van der Waals surface area contributed by atoms with Crippen LogP contribution in [0.5, 0.6) is 0 Å². The fourth-order valence-electron chi connectivity index (χ4n) is 2.90. The molecule has 0 saturated carbocycles. The molecule has 2 N–H and O–H groups in total. The van der Waals surface area contributed by atoms with Gasteiger partial charge in [-0.25, -0.2) is 9.78 Å². The Morgan fingerprint density at radius 3 is 2.60 bits per heavy atom. The number of esters is 1. The molecule has 0 saturated heterocycles. The van der Waals surface area contributed by atoms with E-state index in [9.17, 15) is 9.59 Å². The van der Waals surface area contributed by atoms with Gasteiger partial charge in [-0.1, -0.05) is 39.8 Å². The molecule has 25 heavy (non-hydrogen) atoms. The number of H-pyrrole nitrogens is 1. The number of aromatic amines is 1. The number of nitrogens with zero attached hydrogens (tertiary/aromatic N) is 1. The number of hydrogen-bond acceptors (Lipinski definition) is 6. The normalized spacial score (nSPS) is 16.2. The maximum atomic E-state index is 12.7. The summed E-state index contributed by atoms with van der Waals surface area (Å²) >= 11 is 4.75. The summed E-state index contributed by atoms with van der Waals surface area (Å²) in [6, 6.07) is 7.50. The first-order valence-corrected chi connectivity index (χ1v) is 9.47. The van der Waals surface area contributed by atoms with Crippen LogP contribution in [0.15, 0.2) is 50.0 Å². The Morgan fingerprint density at radius 2 is 2.00 bits per heavy atom. The summed E-state index contributed by atoms with van der Waals surface area (Å²) in [4.78, 5) is 32.3. The molecular formula is C17H16BrN3O3S. The molecule has 1 atom stereocenters. The number of halogens is 1. The second kappa shape index (κ2) is 7.05. The SMILES string of the molecule is COC(=O)C1=C(C)Nc2nc(SC)[nH]c(=O)c2C1c1ccc(Br)cc1. The highest BCUT2D eigenvalue weighted by Crippen LogP contribution is 2.40. The minimum Gasteiger partial charge on any atom is -0.466 e. The molecule has 0 amide bonds. The molecule has 8 heteroatoms. The second-order valence-corrected chi connectivity index (χ2v) is 7.19. The number of carbonyl (C=O) groups is 1. The molecule has 0 aliphatic carbocycles. The molecule has 2 heterocycles. The first kappa shape index (κ1) is 17.8. The van der Waals surface area contributed by atoms with Crippen molar-refractivity contribution in [2.24, 2.45) is 0 Å². The number of methoxy groups -OCH3 is 1. The van der Waals surface area contributed by atoms with Crippen molar-refractivity contribution in [3.05, 3.63) is 61.5 Å². The van der Waals surface area contributed by atoms with Crippen LogP contribution in [0.3, 0.4) is 0 Å². The fourth-order valence-corrected chi connectivity index (χ4v) is 3.54. The van der Waals surface area contributed by atoms with Crippen molar-refractivity contribution in [3.63, 3.8) is 0 Å². The predicted octanol–water partition coefficient (Wildman–Crippen LogP) is 3.26. The van der Waals surface area contributed by atoms with Gasteiger partial charge in [0, 0.05) is 10.2 Å². The van der Waals surface area contributed by atoms with Gasteiger partial charge in [-0.3, -0.25) is 4.79 Å². The van der Waals surface area contributed by atoms with Crippen LogP contribution in [-0.2, 0) is 9.53 Å². The number of anilines is 1. The van der Waals surface area contributed by atoms with Crippen LogP contribution < -0.4 is 10.9 Å². The average Bonchev–Trinajstić information content (AvgIpc) is 2.60. The zero-order valence-electron chi connectivity index (χ0n) is 13.8. The van der Waals surface area contributed by atoms with Crippen LogP contribution in [0.2, 0.25) is 0 Å². The molecule has 0 spiro atoms. The van der Waals surface area contributed by atoms with Crippen molar-refractivity contribution < 1.29 is 9.53 Å². The third-order valence-electron chi connectivity index (χ3n) is 4.02. The van der Waals surface area contributed by atoms with Gasteiger partial charge in [0.05, 0.1) is 24.2 Å². The molecule has 0 fully saturated rings. The van der Waals surface area contributed by atoms with E-state index >= 15 is 0 Å². The van der Waals surface area contributed by atoms with Gasteiger partial charge in [0.1, 0.15) is 5.82 Å². The summed E-state index contributed by atoms with van der Waals surface area (Å²) in [6.45, 7) is 1.78. The third kappa shape index (κ3) is 3.23. The molecule has 1 aliphatic heterocycles. The van der Waals surface area contributed by atoms with Gasteiger partial charge in [-0.05, 0) is 30.9 Å².